The van der Waals surface area contributed by atoms with E-state index in [-0.39, 0.29) is 23.3 Å². The molecule has 0 aliphatic carbocycles. The number of nitrogens with zero attached hydrogens (tertiary/aromatic N) is 1. The minimum absolute atomic E-state index is 0.0321. The van der Waals surface area contributed by atoms with Crippen molar-refractivity contribution in [3.8, 4) is 0 Å². The van der Waals surface area contributed by atoms with Crippen LogP contribution in [0.4, 0.5) is 18.9 Å². The summed E-state index contributed by atoms with van der Waals surface area (Å²) in [7, 11) is 0. The van der Waals surface area contributed by atoms with Gasteiger partial charge in [-0.05, 0) is 31.0 Å². The zero-order chi connectivity index (χ0) is 16.3. The summed E-state index contributed by atoms with van der Waals surface area (Å²) in [5.41, 5.74) is 4.54. The Hall–Kier alpha value is -1.31. The van der Waals surface area contributed by atoms with Crippen molar-refractivity contribution in [2.45, 2.75) is 25.1 Å². The number of piperidine rings is 1. The second-order valence-corrected chi connectivity index (χ2v) is 5.79. The number of carbonyl (C=O) groups is 1. The molecule has 1 heterocycles. The molecule has 1 aliphatic rings. The van der Waals surface area contributed by atoms with Crippen molar-refractivity contribution in [1.82, 2.24) is 4.90 Å². The number of hydrogen-bond donors (Lipinski definition) is 2. The molecule has 122 valence electrons. The first-order chi connectivity index (χ1) is 10.3. The summed E-state index contributed by atoms with van der Waals surface area (Å²) in [5, 5.41) is 2.28. The molecule has 4 nitrogen and oxygen atoms in total. The lowest BCUT2D eigenvalue weighted by Gasteiger charge is -2.29. The van der Waals surface area contributed by atoms with E-state index in [0.717, 1.165) is 25.0 Å². The molecule has 1 aromatic rings. The molecular weight excluding hydrogens is 319 g/mol. The predicted octanol–water partition coefficient (Wildman–Crippen LogP) is 2.72. The van der Waals surface area contributed by atoms with E-state index in [4.69, 9.17) is 17.3 Å². The van der Waals surface area contributed by atoms with Crippen LogP contribution in [0.3, 0.4) is 0 Å². The Morgan fingerprint density at radius 3 is 2.59 bits per heavy atom. The van der Waals surface area contributed by atoms with E-state index < -0.39 is 17.6 Å². The molecular formula is C14H17ClF3N3O. The first kappa shape index (κ1) is 17.1. The number of benzene rings is 1. The number of halogens is 4. The number of nitrogens with one attached hydrogen (secondary N) is 1. The Morgan fingerprint density at radius 1 is 1.36 bits per heavy atom. The van der Waals surface area contributed by atoms with Crippen LogP contribution in [0.5, 0.6) is 0 Å². The standard InChI is InChI=1S/C14H17ClF3N3O/c15-9-1-2-12(11(7-9)14(16,17)18)20-13(22)8-21-5-3-10(19)4-6-21/h1-2,7,10H,3-6,8,19H2,(H,20,22). The van der Waals surface area contributed by atoms with Gasteiger partial charge in [0.25, 0.3) is 0 Å². The number of anilines is 1. The zero-order valence-electron chi connectivity index (χ0n) is 11.8. The fraction of sp³-hybridized carbons (Fsp3) is 0.500. The summed E-state index contributed by atoms with van der Waals surface area (Å²) in [6.45, 7) is 1.38. The van der Waals surface area contributed by atoms with Crippen LogP contribution in [-0.4, -0.2) is 36.5 Å². The van der Waals surface area contributed by atoms with Crippen molar-refractivity contribution in [2.75, 3.05) is 25.0 Å². The van der Waals surface area contributed by atoms with Crippen molar-refractivity contribution < 1.29 is 18.0 Å². The number of hydrogen-bond acceptors (Lipinski definition) is 3. The molecule has 0 bridgehead atoms. The van der Waals surface area contributed by atoms with Gasteiger partial charge in [0.1, 0.15) is 0 Å². The van der Waals surface area contributed by atoms with Crippen molar-refractivity contribution in [3.63, 3.8) is 0 Å². The highest BCUT2D eigenvalue weighted by Crippen LogP contribution is 2.36. The number of alkyl halides is 3. The topological polar surface area (TPSA) is 58.4 Å². The highest BCUT2D eigenvalue weighted by molar-refractivity contribution is 6.30. The van der Waals surface area contributed by atoms with Gasteiger partial charge in [0.15, 0.2) is 0 Å². The third-order valence-electron chi connectivity index (χ3n) is 3.56. The Kier molecular flexibility index (Phi) is 5.31. The molecule has 1 fully saturated rings. The van der Waals surface area contributed by atoms with Crippen molar-refractivity contribution >= 4 is 23.2 Å². The monoisotopic (exact) mass is 335 g/mol. The number of rotatable bonds is 3. The maximum atomic E-state index is 12.9. The van der Waals surface area contributed by atoms with Crippen LogP contribution >= 0.6 is 11.6 Å². The molecule has 0 radical (unpaired) electrons. The molecule has 0 aromatic heterocycles. The normalized spacial score (nSPS) is 17.5. The second-order valence-electron chi connectivity index (χ2n) is 5.35. The SMILES string of the molecule is NC1CCN(CC(=O)Nc2ccc(Cl)cc2C(F)(F)F)CC1. The molecule has 22 heavy (non-hydrogen) atoms. The molecule has 0 unspecified atom stereocenters. The van der Waals surface area contributed by atoms with E-state index in [1.165, 1.54) is 6.07 Å². The van der Waals surface area contributed by atoms with E-state index >= 15 is 0 Å². The van der Waals surface area contributed by atoms with Crippen LogP contribution in [-0.2, 0) is 11.0 Å². The molecule has 2 rings (SSSR count). The van der Waals surface area contributed by atoms with Crippen LogP contribution in [0.2, 0.25) is 5.02 Å². The van der Waals surface area contributed by atoms with Crippen LogP contribution in [0.15, 0.2) is 18.2 Å². The fourth-order valence-electron chi connectivity index (χ4n) is 2.36. The quantitative estimate of drug-likeness (QED) is 0.893. The van der Waals surface area contributed by atoms with E-state index in [9.17, 15) is 18.0 Å². The maximum absolute atomic E-state index is 12.9. The summed E-state index contributed by atoms with van der Waals surface area (Å²) in [5.74, 6) is -0.483. The first-order valence-electron chi connectivity index (χ1n) is 6.90. The second kappa shape index (κ2) is 6.85. The number of amides is 1. The minimum atomic E-state index is -4.58. The van der Waals surface area contributed by atoms with E-state index in [1.807, 2.05) is 4.90 Å². The summed E-state index contributed by atoms with van der Waals surface area (Å²) in [6.07, 6.45) is -3.02. The van der Waals surface area contributed by atoms with Gasteiger partial charge < -0.3 is 11.1 Å². The van der Waals surface area contributed by atoms with Gasteiger partial charge in [-0.3, -0.25) is 9.69 Å². The van der Waals surface area contributed by atoms with Gasteiger partial charge in [-0.1, -0.05) is 11.6 Å². The van der Waals surface area contributed by atoms with Crippen molar-refractivity contribution in [3.05, 3.63) is 28.8 Å². The van der Waals surface area contributed by atoms with E-state index in [0.29, 0.717) is 13.1 Å². The lowest BCUT2D eigenvalue weighted by atomic mass is 10.1. The molecule has 3 N–H and O–H groups in total. The number of nitrogens with two attached hydrogens (primary N) is 1. The average molecular weight is 336 g/mol. The van der Waals surface area contributed by atoms with Crippen LogP contribution in [0, 0.1) is 0 Å². The van der Waals surface area contributed by atoms with Crippen LogP contribution < -0.4 is 11.1 Å². The lowest BCUT2D eigenvalue weighted by Crippen LogP contribution is -2.43. The molecule has 1 amide bonds. The third-order valence-corrected chi connectivity index (χ3v) is 3.80. The predicted molar refractivity (Wildman–Crippen MR) is 78.7 cm³/mol. The molecule has 0 spiro atoms. The zero-order valence-corrected chi connectivity index (χ0v) is 12.5. The maximum Gasteiger partial charge on any atom is 0.418 e. The Bertz CT molecular complexity index is 543. The molecule has 8 heteroatoms. The molecule has 1 aromatic carbocycles. The number of carbonyl (C=O) groups excluding carboxylic acids is 1. The van der Waals surface area contributed by atoms with Crippen LogP contribution in [0.1, 0.15) is 18.4 Å². The third kappa shape index (κ3) is 4.59. The first-order valence-corrected chi connectivity index (χ1v) is 7.28. The van der Waals surface area contributed by atoms with E-state index in [2.05, 4.69) is 5.32 Å². The Morgan fingerprint density at radius 2 is 2.00 bits per heavy atom. The molecule has 0 atom stereocenters. The van der Waals surface area contributed by atoms with Gasteiger partial charge in [0, 0.05) is 24.2 Å². The van der Waals surface area contributed by atoms with Gasteiger partial charge in [-0.25, -0.2) is 0 Å². The van der Waals surface area contributed by atoms with Gasteiger partial charge in [0.2, 0.25) is 5.91 Å². The van der Waals surface area contributed by atoms with Gasteiger partial charge in [0.05, 0.1) is 17.8 Å². The average Bonchev–Trinajstić information content (AvgIpc) is 2.42. The van der Waals surface area contributed by atoms with Crippen molar-refractivity contribution in [2.24, 2.45) is 5.73 Å². The Labute approximate surface area is 131 Å². The fourth-order valence-corrected chi connectivity index (χ4v) is 2.54. The summed E-state index contributed by atoms with van der Waals surface area (Å²) in [4.78, 5) is 13.8. The molecule has 0 saturated carbocycles. The minimum Gasteiger partial charge on any atom is -0.328 e. The highest BCUT2D eigenvalue weighted by atomic mass is 35.5. The van der Waals surface area contributed by atoms with E-state index in [1.54, 1.807) is 0 Å². The summed E-state index contributed by atoms with van der Waals surface area (Å²) in [6, 6.07) is 3.41. The van der Waals surface area contributed by atoms with Gasteiger partial charge in [-0.15, -0.1) is 0 Å². The Balaban J connectivity index is 2.02. The van der Waals surface area contributed by atoms with Crippen LogP contribution in [0.25, 0.3) is 0 Å². The van der Waals surface area contributed by atoms with Gasteiger partial charge >= 0.3 is 6.18 Å². The molecule has 1 aliphatic heterocycles. The molecule has 1 saturated heterocycles. The smallest absolute Gasteiger partial charge is 0.328 e. The summed E-state index contributed by atoms with van der Waals surface area (Å²) >= 11 is 5.60. The lowest BCUT2D eigenvalue weighted by molar-refractivity contribution is -0.137. The summed E-state index contributed by atoms with van der Waals surface area (Å²) < 4.78 is 38.8. The number of likely N-dealkylation sites (tertiary alicyclic amines) is 1. The van der Waals surface area contributed by atoms with Gasteiger partial charge in [-0.2, -0.15) is 13.2 Å². The van der Waals surface area contributed by atoms with Crippen molar-refractivity contribution in [1.29, 1.82) is 0 Å². The highest BCUT2D eigenvalue weighted by Gasteiger charge is 2.34. The largest absolute Gasteiger partial charge is 0.418 e.